The summed E-state index contributed by atoms with van der Waals surface area (Å²) < 4.78 is 66.9. The van der Waals surface area contributed by atoms with Gasteiger partial charge in [0, 0.05) is 12.1 Å². The van der Waals surface area contributed by atoms with Crippen LogP contribution in [0, 0.1) is 17.5 Å². The van der Waals surface area contributed by atoms with E-state index < -0.39 is 38.3 Å². The maximum atomic E-state index is 13.8. The van der Waals surface area contributed by atoms with Gasteiger partial charge in [-0.1, -0.05) is 24.3 Å². The zero-order chi connectivity index (χ0) is 23.8. The molecule has 0 saturated heterocycles. The first kappa shape index (κ1) is 22.5. The van der Waals surface area contributed by atoms with Crippen LogP contribution in [-0.2, 0) is 21.4 Å². The van der Waals surface area contributed by atoms with E-state index in [2.05, 4.69) is 10.0 Å². The maximum absolute atomic E-state index is 13.8. The van der Waals surface area contributed by atoms with Crippen molar-refractivity contribution in [3.63, 3.8) is 0 Å². The van der Waals surface area contributed by atoms with Crippen molar-refractivity contribution in [2.24, 2.45) is 0 Å². The molecule has 4 rings (SSSR count). The number of benzene rings is 3. The van der Waals surface area contributed by atoms with Crippen LogP contribution >= 0.6 is 0 Å². The van der Waals surface area contributed by atoms with Crippen LogP contribution in [0.5, 0.6) is 0 Å². The number of amides is 2. The Morgan fingerprint density at radius 1 is 0.970 bits per heavy atom. The average Bonchev–Trinajstić information content (AvgIpc) is 2.80. The van der Waals surface area contributed by atoms with Gasteiger partial charge in [0.2, 0.25) is 15.9 Å². The number of hydrogen-bond acceptors (Lipinski definition) is 4. The Balaban J connectivity index is 1.49. The van der Waals surface area contributed by atoms with Crippen molar-refractivity contribution in [1.82, 2.24) is 4.72 Å². The summed E-state index contributed by atoms with van der Waals surface area (Å²) in [5, 5.41) is 2.69. The van der Waals surface area contributed by atoms with E-state index in [-0.39, 0.29) is 24.6 Å². The van der Waals surface area contributed by atoms with Crippen molar-refractivity contribution in [1.29, 1.82) is 0 Å². The fourth-order valence-corrected chi connectivity index (χ4v) is 4.39. The van der Waals surface area contributed by atoms with Crippen LogP contribution in [0.15, 0.2) is 65.6 Å². The Morgan fingerprint density at radius 3 is 2.39 bits per heavy atom. The Morgan fingerprint density at radius 2 is 1.67 bits per heavy atom. The largest absolute Gasteiger partial charge is 0.323 e. The number of rotatable bonds is 5. The number of hydrogen-bond donors (Lipinski definition) is 2. The van der Waals surface area contributed by atoms with Crippen LogP contribution in [0.4, 0.5) is 24.5 Å². The van der Waals surface area contributed by atoms with Gasteiger partial charge in [0.15, 0.2) is 17.5 Å². The summed E-state index contributed by atoms with van der Waals surface area (Å²) in [6.45, 7) is -0.443. The van der Waals surface area contributed by atoms with Crippen molar-refractivity contribution < 1.29 is 31.2 Å². The molecule has 2 N–H and O–H groups in total. The molecule has 170 valence electrons. The first-order valence-electron chi connectivity index (χ1n) is 9.60. The minimum atomic E-state index is -4.46. The van der Waals surface area contributed by atoms with Crippen molar-refractivity contribution in [2.75, 3.05) is 16.8 Å². The summed E-state index contributed by atoms with van der Waals surface area (Å²) in [4.78, 5) is 25.2. The van der Waals surface area contributed by atoms with E-state index in [1.165, 1.54) is 29.2 Å². The Labute approximate surface area is 186 Å². The highest BCUT2D eigenvalue weighted by Crippen LogP contribution is 2.30. The first-order chi connectivity index (χ1) is 15.7. The van der Waals surface area contributed by atoms with E-state index in [1.54, 1.807) is 24.3 Å². The molecule has 3 aromatic rings. The molecule has 0 fully saturated rings. The smallest absolute Gasteiger partial charge is 0.258 e. The maximum Gasteiger partial charge on any atom is 0.258 e. The number of carbonyl (C=O) groups is 2. The van der Waals surface area contributed by atoms with Crippen molar-refractivity contribution in [2.45, 2.75) is 11.4 Å². The van der Waals surface area contributed by atoms with E-state index in [0.717, 1.165) is 0 Å². The Hall–Kier alpha value is -3.70. The van der Waals surface area contributed by atoms with Gasteiger partial charge >= 0.3 is 0 Å². The predicted octanol–water partition coefficient (Wildman–Crippen LogP) is 3.18. The topological polar surface area (TPSA) is 95.6 Å². The third-order valence-corrected chi connectivity index (χ3v) is 6.39. The number of halogens is 3. The quantitative estimate of drug-likeness (QED) is 0.554. The van der Waals surface area contributed by atoms with Crippen molar-refractivity contribution in [3.8, 4) is 0 Å². The normalized spacial score (nSPS) is 13.4. The lowest BCUT2D eigenvalue weighted by atomic mass is 10.1. The molecule has 0 bridgehead atoms. The molecular weight excluding hydrogens is 459 g/mol. The zero-order valence-electron chi connectivity index (χ0n) is 16.8. The summed E-state index contributed by atoms with van der Waals surface area (Å²) in [6, 6.07) is 13.9. The first-order valence-corrected chi connectivity index (χ1v) is 11.1. The van der Waals surface area contributed by atoms with Crippen LogP contribution < -0.4 is 14.9 Å². The van der Waals surface area contributed by atoms with E-state index in [4.69, 9.17) is 0 Å². The fourth-order valence-electron chi connectivity index (χ4n) is 3.31. The van der Waals surface area contributed by atoms with Crippen LogP contribution in [0.2, 0.25) is 0 Å². The lowest BCUT2D eigenvalue weighted by molar-refractivity contribution is -0.115. The number of fused-ring (bicyclic) bond motifs is 1. The minimum Gasteiger partial charge on any atom is -0.323 e. The molecular formula is C22H16F3N3O4S. The summed E-state index contributed by atoms with van der Waals surface area (Å²) in [6.07, 6.45) is 0. The van der Waals surface area contributed by atoms with Gasteiger partial charge in [0.05, 0.1) is 11.4 Å². The molecule has 0 spiro atoms. The minimum absolute atomic E-state index is 0.156. The number of para-hydroxylation sites is 2. The fraction of sp³-hybridized carbons (Fsp3) is 0.0909. The summed E-state index contributed by atoms with van der Waals surface area (Å²) >= 11 is 0. The molecule has 7 nitrogen and oxygen atoms in total. The summed E-state index contributed by atoms with van der Waals surface area (Å²) in [5.74, 6) is -5.95. The molecule has 0 saturated carbocycles. The lowest BCUT2D eigenvalue weighted by Gasteiger charge is -2.29. The van der Waals surface area contributed by atoms with Crippen LogP contribution in [-0.4, -0.2) is 26.8 Å². The predicted molar refractivity (Wildman–Crippen MR) is 114 cm³/mol. The van der Waals surface area contributed by atoms with E-state index in [0.29, 0.717) is 29.1 Å². The standard InChI is InChI=1S/C22H16F3N3O4S/c23-15-9-10-18(21(25)20(15)24)33(31,32)26-11-13-5-7-14(8-6-13)22(30)28-12-19(29)27-16-3-1-2-4-17(16)28/h1-10,26H,11-12H2,(H,27,29). The van der Waals surface area contributed by atoms with E-state index in [1.807, 2.05) is 0 Å². The highest BCUT2D eigenvalue weighted by atomic mass is 32.2. The number of nitrogens with zero attached hydrogens (tertiary/aromatic N) is 1. The van der Waals surface area contributed by atoms with Gasteiger partial charge in [-0.2, -0.15) is 0 Å². The van der Waals surface area contributed by atoms with Crippen LogP contribution in [0.25, 0.3) is 0 Å². The molecule has 11 heteroatoms. The van der Waals surface area contributed by atoms with Gasteiger partial charge in [-0.3, -0.25) is 14.5 Å². The third kappa shape index (κ3) is 4.45. The molecule has 1 aliphatic rings. The molecule has 33 heavy (non-hydrogen) atoms. The molecule has 0 aliphatic carbocycles. The highest BCUT2D eigenvalue weighted by molar-refractivity contribution is 7.89. The summed E-state index contributed by atoms with van der Waals surface area (Å²) in [5.41, 5.74) is 1.75. The van der Waals surface area contributed by atoms with Gasteiger partial charge in [0.1, 0.15) is 11.4 Å². The summed E-state index contributed by atoms with van der Waals surface area (Å²) in [7, 11) is -4.46. The average molecular weight is 475 g/mol. The van der Waals surface area contributed by atoms with Gasteiger partial charge in [-0.25, -0.2) is 26.3 Å². The lowest BCUT2D eigenvalue weighted by Crippen LogP contribution is -2.42. The van der Waals surface area contributed by atoms with E-state index >= 15 is 0 Å². The SMILES string of the molecule is O=C1CN(C(=O)c2ccc(CNS(=O)(=O)c3ccc(F)c(F)c3F)cc2)c2ccccc2N1. The molecule has 0 radical (unpaired) electrons. The third-order valence-electron chi connectivity index (χ3n) is 4.97. The number of anilines is 2. The molecule has 1 heterocycles. The van der Waals surface area contributed by atoms with Crippen molar-refractivity contribution >= 4 is 33.2 Å². The molecule has 0 aromatic heterocycles. The molecule has 2 amide bonds. The monoisotopic (exact) mass is 475 g/mol. The van der Waals surface area contributed by atoms with Gasteiger partial charge in [-0.05, 0) is 42.0 Å². The molecule has 1 aliphatic heterocycles. The van der Waals surface area contributed by atoms with Gasteiger partial charge in [-0.15, -0.1) is 0 Å². The molecule has 0 unspecified atom stereocenters. The van der Waals surface area contributed by atoms with Crippen LogP contribution in [0.1, 0.15) is 15.9 Å². The zero-order valence-corrected chi connectivity index (χ0v) is 17.6. The molecule has 3 aromatic carbocycles. The number of nitrogens with one attached hydrogen (secondary N) is 2. The van der Waals surface area contributed by atoms with E-state index in [9.17, 15) is 31.2 Å². The Bertz CT molecular complexity index is 1360. The van der Waals surface area contributed by atoms with Gasteiger partial charge < -0.3 is 5.32 Å². The highest BCUT2D eigenvalue weighted by Gasteiger charge is 2.27. The second-order valence-corrected chi connectivity index (χ2v) is 8.89. The number of sulfonamides is 1. The van der Waals surface area contributed by atoms with Gasteiger partial charge in [0.25, 0.3) is 5.91 Å². The molecule has 0 atom stereocenters. The van der Waals surface area contributed by atoms with Crippen molar-refractivity contribution in [3.05, 3.63) is 89.2 Å². The second kappa shape index (κ2) is 8.68. The number of carbonyl (C=O) groups excluding carboxylic acids is 2. The van der Waals surface area contributed by atoms with Crippen LogP contribution in [0.3, 0.4) is 0 Å². The second-order valence-electron chi connectivity index (χ2n) is 7.15. The Kier molecular flexibility index (Phi) is 5.91.